The van der Waals surface area contributed by atoms with E-state index < -0.39 is 17.3 Å². The van der Waals surface area contributed by atoms with Crippen LogP contribution in [0.3, 0.4) is 0 Å². The van der Waals surface area contributed by atoms with Crippen molar-refractivity contribution in [3.05, 3.63) is 62.8 Å². The molecular formula is C22H23F3N4O2. The zero-order chi connectivity index (χ0) is 22.5. The van der Waals surface area contributed by atoms with Gasteiger partial charge in [0.05, 0.1) is 16.6 Å². The molecule has 1 fully saturated rings. The SMILES string of the molecule is Cc1cc(C(=O)N2CCC(n3c(C)nc4cc(C(F)(F)F)ccc43)CC2)c(=O)[nH]c1C. The van der Waals surface area contributed by atoms with Gasteiger partial charge in [0, 0.05) is 24.8 Å². The maximum atomic E-state index is 13.0. The number of imidazole rings is 1. The molecule has 0 spiro atoms. The van der Waals surface area contributed by atoms with E-state index in [-0.39, 0.29) is 17.5 Å². The van der Waals surface area contributed by atoms with E-state index in [4.69, 9.17) is 0 Å². The number of aromatic nitrogens is 3. The van der Waals surface area contributed by atoms with Crippen LogP contribution in [0.1, 0.15) is 51.9 Å². The van der Waals surface area contributed by atoms with Crippen molar-refractivity contribution in [2.24, 2.45) is 0 Å². The summed E-state index contributed by atoms with van der Waals surface area (Å²) in [5.41, 5.74) is 1.56. The Bertz CT molecular complexity index is 1220. The van der Waals surface area contributed by atoms with Crippen molar-refractivity contribution in [1.29, 1.82) is 0 Å². The average molecular weight is 432 g/mol. The molecule has 9 heteroatoms. The topological polar surface area (TPSA) is 71.0 Å². The van der Waals surface area contributed by atoms with E-state index in [2.05, 4.69) is 9.97 Å². The number of fused-ring (bicyclic) bond motifs is 1. The number of amides is 1. The Kier molecular flexibility index (Phi) is 5.15. The van der Waals surface area contributed by atoms with Gasteiger partial charge in [0.25, 0.3) is 11.5 Å². The third-order valence-electron chi connectivity index (χ3n) is 6.04. The number of halogens is 3. The normalized spacial score (nSPS) is 15.6. The standard InChI is InChI=1S/C22H23F3N4O2/c1-12-10-17(20(30)26-13(12)2)21(31)28-8-6-16(7-9-28)29-14(3)27-18-11-15(22(23,24)25)4-5-19(18)29/h4-5,10-11,16H,6-9H2,1-3H3,(H,26,30). The van der Waals surface area contributed by atoms with Crippen molar-refractivity contribution in [3.8, 4) is 0 Å². The van der Waals surface area contributed by atoms with Crippen molar-refractivity contribution in [3.63, 3.8) is 0 Å². The number of likely N-dealkylation sites (tertiary alicyclic amines) is 1. The Balaban J connectivity index is 1.55. The molecule has 1 saturated heterocycles. The van der Waals surface area contributed by atoms with Gasteiger partial charge in [0.15, 0.2) is 0 Å². The molecule has 1 amide bonds. The summed E-state index contributed by atoms with van der Waals surface area (Å²) in [4.78, 5) is 33.8. The summed E-state index contributed by atoms with van der Waals surface area (Å²) in [5.74, 6) is 0.342. The number of pyridine rings is 1. The van der Waals surface area contributed by atoms with Crippen LogP contribution in [0.4, 0.5) is 13.2 Å². The molecular weight excluding hydrogens is 409 g/mol. The number of benzene rings is 1. The van der Waals surface area contributed by atoms with Gasteiger partial charge >= 0.3 is 6.18 Å². The molecule has 6 nitrogen and oxygen atoms in total. The number of aryl methyl sites for hydroxylation is 3. The second kappa shape index (κ2) is 7.55. The fraction of sp³-hybridized carbons (Fsp3) is 0.409. The third kappa shape index (κ3) is 3.84. The number of nitrogens with zero attached hydrogens (tertiary/aromatic N) is 3. The smallest absolute Gasteiger partial charge is 0.338 e. The van der Waals surface area contributed by atoms with Gasteiger partial charge in [-0.3, -0.25) is 9.59 Å². The van der Waals surface area contributed by atoms with Gasteiger partial charge < -0.3 is 14.5 Å². The first-order valence-electron chi connectivity index (χ1n) is 10.1. The summed E-state index contributed by atoms with van der Waals surface area (Å²) < 4.78 is 41.0. The maximum absolute atomic E-state index is 13.0. The van der Waals surface area contributed by atoms with Crippen LogP contribution in [0.2, 0.25) is 0 Å². The minimum absolute atomic E-state index is 0.0174. The van der Waals surface area contributed by atoms with Crippen LogP contribution in [-0.4, -0.2) is 38.4 Å². The highest BCUT2D eigenvalue weighted by atomic mass is 19.4. The minimum Gasteiger partial charge on any atom is -0.338 e. The predicted molar refractivity (Wildman–Crippen MR) is 110 cm³/mol. The largest absolute Gasteiger partial charge is 0.416 e. The molecule has 0 unspecified atom stereocenters. The molecule has 1 aromatic carbocycles. The number of piperidine rings is 1. The Morgan fingerprint density at radius 3 is 2.45 bits per heavy atom. The van der Waals surface area contributed by atoms with Crippen LogP contribution in [0.15, 0.2) is 29.1 Å². The van der Waals surface area contributed by atoms with E-state index in [9.17, 15) is 22.8 Å². The molecule has 1 aliphatic rings. The van der Waals surface area contributed by atoms with Gasteiger partial charge in [0.2, 0.25) is 0 Å². The molecule has 0 atom stereocenters. The van der Waals surface area contributed by atoms with Crippen LogP contribution >= 0.6 is 0 Å². The number of carbonyl (C=O) groups is 1. The molecule has 164 valence electrons. The second-order valence-corrected chi connectivity index (χ2v) is 8.07. The predicted octanol–water partition coefficient (Wildman–Crippen LogP) is 4.15. The van der Waals surface area contributed by atoms with Crippen molar-refractivity contribution in [2.75, 3.05) is 13.1 Å². The number of rotatable bonds is 2. The number of hydrogen-bond donors (Lipinski definition) is 1. The van der Waals surface area contributed by atoms with Crippen LogP contribution in [-0.2, 0) is 6.18 Å². The highest BCUT2D eigenvalue weighted by Crippen LogP contribution is 2.34. The first kappa shape index (κ1) is 21.1. The molecule has 0 radical (unpaired) electrons. The number of carbonyl (C=O) groups excluding carboxylic acids is 1. The van der Waals surface area contributed by atoms with Crippen molar-refractivity contribution < 1.29 is 18.0 Å². The zero-order valence-electron chi connectivity index (χ0n) is 17.5. The van der Waals surface area contributed by atoms with Gasteiger partial charge in [-0.05, 0) is 63.4 Å². The van der Waals surface area contributed by atoms with E-state index >= 15 is 0 Å². The number of alkyl halides is 3. The lowest BCUT2D eigenvalue weighted by atomic mass is 10.0. The van der Waals surface area contributed by atoms with Crippen molar-refractivity contribution in [2.45, 2.75) is 45.8 Å². The number of H-pyrrole nitrogens is 1. The first-order chi connectivity index (χ1) is 14.6. The van der Waals surface area contributed by atoms with Crippen LogP contribution in [0, 0.1) is 20.8 Å². The fourth-order valence-electron chi connectivity index (χ4n) is 4.24. The number of hydrogen-bond acceptors (Lipinski definition) is 3. The Morgan fingerprint density at radius 1 is 1.13 bits per heavy atom. The summed E-state index contributed by atoms with van der Waals surface area (Å²) >= 11 is 0. The number of nitrogens with one attached hydrogen (secondary N) is 1. The average Bonchev–Trinajstić information content (AvgIpc) is 3.04. The zero-order valence-corrected chi connectivity index (χ0v) is 17.5. The molecule has 2 aromatic heterocycles. The summed E-state index contributed by atoms with van der Waals surface area (Å²) in [5, 5.41) is 0. The highest BCUT2D eigenvalue weighted by molar-refractivity contribution is 5.94. The third-order valence-corrected chi connectivity index (χ3v) is 6.04. The van der Waals surface area contributed by atoms with E-state index in [1.165, 1.54) is 6.07 Å². The van der Waals surface area contributed by atoms with E-state index in [0.29, 0.717) is 42.8 Å². The van der Waals surface area contributed by atoms with E-state index in [0.717, 1.165) is 23.4 Å². The lowest BCUT2D eigenvalue weighted by molar-refractivity contribution is -0.137. The lowest BCUT2D eigenvalue weighted by Gasteiger charge is -2.33. The minimum atomic E-state index is -4.41. The molecule has 0 aliphatic carbocycles. The van der Waals surface area contributed by atoms with Crippen LogP contribution in [0.25, 0.3) is 11.0 Å². The molecule has 1 aliphatic heterocycles. The van der Waals surface area contributed by atoms with E-state index in [1.54, 1.807) is 24.8 Å². The van der Waals surface area contributed by atoms with Crippen molar-refractivity contribution >= 4 is 16.9 Å². The van der Waals surface area contributed by atoms with Gasteiger partial charge in [-0.1, -0.05) is 0 Å². The number of aromatic amines is 1. The first-order valence-corrected chi connectivity index (χ1v) is 10.1. The van der Waals surface area contributed by atoms with Crippen molar-refractivity contribution in [1.82, 2.24) is 19.4 Å². The van der Waals surface area contributed by atoms with Gasteiger partial charge in [0.1, 0.15) is 11.4 Å². The van der Waals surface area contributed by atoms with Crippen LogP contribution in [0.5, 0.6) is 0 Å². The van der Waals surface area contributed by atoms with Gasteiger partial charge in [-0.25, -0.2) is 4.98 Å². The van der Waals surface area contributed by atoms with E-state index in [1.807, 2.05) is 11.5 Å². The molecule has 0 saturated carbocycles. The molecule has 31 heavy (non-hydrogen) atoms. The lowest BCUT2D eigenvalue weighted by Crippen LogP contribution is -2.41. The molecule has 3 aromatic rings. The summed E-state index contributed by atoms with van der Waals surface area (Å²) in [6.07, 6.45) is -3.16. The molecule has 1 N–H and O–H groups in total. The Morgan fingerprint density at radius 2 is 1.81 bits per heavy atom. The summed E-state index contributed by atoms with van der Waals surface area (Å²) in [7, 11) is 0. The Hall–Kier alpha value is -3.10. The second-order valence-electron chi connectivity index (χ2n) is 8.07. The monoisotopic (exact) mass is 432 g/mol. The maximum Gasteiger partial charge on any atom is 0.416 e. The fourth-order valence-corrected chi connectivity index (χ4v) is 4.24. The molecule has 4 rings (SSSR count). The molecule has 3 heterocycles. The highest BCUT2D eigenvalue weighted by Gasteiger charge is 2.32. The summed E-state index contributed by atoms with van der Waals surface area (Å²) in [6, 6.07) is 5.25. The molecule has 0 bridgehead atoms. The Labute approximate surface area is 176 Å². The quantitative estimate of drug-likeness (QED) is 0.662. The van der Waals surface area contributed by atoms with Crippen LogP contribution < -0.4 is 5.56 Å². The van der Waals surface area contributed by atoms with Gasteiger partial charge in [-0.2, -0.15) is 13.2 Å². The van der Waals surface area contributed by atoms with Gasteiger partial charge in [-0.15, -0.1) is 0 Å². The summed E-state index contributed by atoms with van der Waals surface area (Å²) in [6.45, 7) is 6.31.